The molecule has 238 valence electrons. The van der Waals surface area contributed by atoms with Gasteiger partial charge in [0, 0.05) is 53.8 Å². The third-order valence-electron chi connectivity index (χ3n) is 7.58. The van der Waals surface area contributed by atoms with E-state index < -0.39 is 17.5 Å². The summed E-state index contributed by atoms with van der Waals surface area (Å²) in [5.74, 6) is -0.166. The summed E-state index contributed by atoms with van der Waals surface area (Å²) in [6, 6.07) is 4.08. The first-order chi connectivity index (χ1) is 20.9. The SMILES string of the molecule is C[C@@H](Oc1cc(-c2cnn(C3CN(C(=O)OC(C)(C)C)CCC3OC3CCCCO3)c2)cnc1N)c1c(Cl)ccc(F)c1Cl. The molecule has 1 aromatic carbocycles. The van der Waals surface area contributed by atoms with Crippen molar-refractivity contribution in [1.29, 1.82) is 0 Å². The van der Waals surface area contributed by atoms with Crippen LogP contribution in [0, 0.1) is 5.82 Å². The number of anilines is 1. The Labute approximate surface area is 266 Å². The number of aromatic nitrogens is 3. The lowest BCUT2D eigenvalue weighted by molar-refractivity contribution is -0.204. The Balaban J connectivity index is 1.38. The predicted molar refractivity (Wildman–Crippen MR) is 165 cm³/mol. The number of nitrogen functional groups attached to an aromatic ring is 1. The number of likely N-dealkylation sites (tertiary alicyclic amines) is 1. The molecule has 0 aliphatic carbocycles. The lowest BCUT2D eigenvalue weighted by Gasteiger charge is -2.40. The molecular formula is C31H38Cl2FN5O5. The number of carbonyl (C=O) groups excluding carboxylic acids is 1. The van der Waals surface area contributed by atoms with Crippen molar-refractivity contribution in [2.24, 2.45) is 0 Å². The van der Waals surface area contributed by atoms with Crippen LogP contribution in [-0.2, 0) is 14.2 Å². The molecule has 4 atom stereocenters. The van der Waals surface area contributed by atoms with Gasteiger partial charge in [-0.3, -0.25) is 4.68 Å². The first kappa shape index (κ1) is 32.3. The fourth-order valence-corrected chi connectivity index (χ4v) is 6.05. The van der Waals surface area contributed by atoms with Crippen molar-refractivity contribution in [3.8, 4) is 16.9 Å². The molecule has 2 saturated heterocycles. The zero-order valence-electron chi connectivity index (χ0n) is 25.3. The molecule has 3 unspecified atom stereocenters. The van der Waals surface area contributed by atoms with E-state index in [-0.39, 0.29) is 46.1 Å². The number of carbonyl (C=O) groups is 1. The number of ether oxygens (including phenoxy) is 4. The minimum absolute atomic E-state index is 0.114. The number of benzene rings is 1. The van der Waals surface area contributed by atoms with Gasteiger partial charge in [-0.25, -0.2) is 14.2 Å². The molecule has 0 spiro atoms. The monoisotopic (exact) mass is 649 g/mol. The topological polar surface area (TPSA) is 114 Å². The van der Waals surface area contributed by atoms with Gasteiger partial charge in [0.1, 0.15) is 17.5 Å². The van der Waals surface area contributed by atoms with Crippen LogP contribution in [0.3, 0.4) is 0 Å². The van der Waals surface area contributed by atoms with Crippen LogP contribution in [0.4, 0.5) is 15.0 Å². The van der Waals surface area contributed by atoms with Crippen LogP contribution in [0.15, 0.2) is 36.8 Å². The Kier molecular flexibility index (Phi) is 9.89. The summed E-state index contributed by atoms with van der Waals surface area (Å²) in [4.78, 5) is 19.0. The number of piperidine rings is 1. The lowest BCUT2D eigenvalue weighted by atomic mass is 10.0. The Morgan fingerprint density at radius 2 is 1.98 bits per heavy atom. The predicted octanol–water partition coefficient (Wildman–Crippen LogP) is 7.21. The molecule has 13 heteroatoms. The van der Waals surface area contributed by atoms with Crippen molar-refractivity contribution in [2.75, 3.05) is 25.4 Å². The van der Waals surface area contributed by atoms with Gasteiger partial charge in [0.15, 0.2) is 17.9 Å². The van der Waals surface area contributed by atoms with E-state index in [9.17, 15) is 9.18 Å². The van der Waals surface area contributed by atoms with Crippen molar-refractivity contribution in [1.82, 2.24) is 19.7 Å². The summed E-state index contributed by atoms with van der Waals surface area (Å²) in [5.41, 5.74) is 7.28. The van der Waals surface area contributed by atoms with Gasteiger partial charge in [-0.2, -0.15) is 5.10 Å². The van der Waals surface area contributed by atoms with Crippen LogP contribution in [0.2, 0.25) is 10.0 Å². The standard InChI is InChI=1S/C31H38Cl2FN5O5/c1-18(27-21(32)8-9-22(34)28(27)33)42-25-13-19(14-36-29(25)35)20-15-37-39(16-20)23-17-38(30(40)44-31(2,3)4)11-10-24(23)43-26-7-5-6-12-41-26/h8-9,13-16,18,23-24,26H,5-7,10-12,17H2,1-4H3,(H2,35,36)/t18-,23?,24?,26?/m1/s1. The molecule has 2 fully saturated rings. The Bertz CT molecular complexity index is 1480. The number of pyridine rings is 1. The molecule has 0 bridgehead atoms. The molecular weight excluding hydrogens is 612 g/mol. The van der Waals surface area contributed by atoms with E-state index in [0.717, 1.165) is 24.8 Å². The van der Waals surface area contributed by atoms with Gasteiger partial charge in [0.25, 0.3) is 0 Å². The van der Waals surface area contributed by atoms with Gasteiger partial charge < -0.3 is 29.6 Å². The first-order valence-corrected chi connectivity index (χ1v) is 15.5. The molecule has 44 heavy (non-hydrogen) atoms. The summed E-state index contributed by atoms with van der Waals surface area (Å²) in [6.07, 6.45) is 7.09. The summed E-state index contributed by atoms with van der Waals surface area (Å²) >= 11 is 12.5. The fourth-order valence-electron chi connectivity index (χ4n) is 5.37. The van der Waals surface area contributed by atoms with E-state index in [1.54, 1.807) is 30.3 Å². The second-order valence-corrected chi connectivity index (χ2v) is 12.9. The quantitative estimate of drug-likeness (QED) is 0.267. The van der Waals surface area contributed by atoms with Gasteiger partial charge >= 0.3 is 6.09 Å². The maximum absolute atomic E-state index is 14.1. The Hall–Kier alpha value is -3.12. The molecule has 10 nitrogen and oxygen atoms in total. The zero-order valence-corrected chi connectivity index (χ0v) is 26.8. The third kappa shape index (κ3) is 7.56. The molecule has 0 saturated carbocycles. The highest BCUT2D eigenvalue weighted by molar-refractivity contribution is 6.36. The van der Waals surface area contributed by atoms with Gasteiger partial charge in [0.2, 0.25) is 0 Å². The van der Waals surface area contributed by atoms with Crippen LogP contribution in [0.25, 0.3) is 11.1 Å². The highest BCUT2D eigenvalue weighted by atomic mass is 35.5. The molecule has 4 heterocycles. The fraction of sp³-hybridized carbons (Fsp3) is 0.516. The number of halogens is 3. The second-order valence-electron chi connectivity index (χ2n) is 12.1. The Morgan fingerprint density at radius 1 is 1.18 bits per heavy atom. The third-order valence-corrected chi connectivity index (χ3v) is 8.30. The van der Waals surface area contributed by atoms with Crippen molar-refractivity contribution in [3.63, 3.8) is 0 Å². The van der Waals surface area contributed by atoms with Crippen LogP contribution in [0.1, 0.15) is 71.1 Å². The minimum Gasteiger partial charge on any atom is -0.482 e. The molecule has 3 aromatic rings. The average molecular weight is 651 g/mol. The number of amides is 1. The Morgan fingerprint density at radius 3 is 2.70 bits per heavy atom. The van der Waals surface area contributed by atoms with Gasteiger partial charge in [-0.1, -0.05) is 23.2 Å². The lowest BCUT2D eigenvalue weighted by Crippen LogP contribution is -2.50. The van der Waals surface area contributed by atoms with E-state index in [4.69, 9.17) is 47.9 Å². The van der Waals surface area contributed by atoms with Crippen LogP contribution < -0.4 is 10.5 Å². The number of hydrogen-bond acceptors (Lipinski definition) is 8. The summed E-state index contributed by atoms with van der Waals surface area (Å²) < 4.78 is 40.0. The highest BCUT2D eigenvalue weighted by Crippen LogP contribution is 2.37. The maximum Gasteiger partial charge on any atom is 0.410 e. The van der Waals surface area contributed by atoms with Gasteiger partial charge in [0.05, 0.1) is 23.4 Å². The summed E-state index contributed by atoms with van der Waals surface area (Å²) in [5, 5.41) is 4.82. The molecule has 2 aliphatic rings. The number of rotatable bonds is 7. The van der Waals surface area contributed by atoms with Crippen molar-refractivity contribution < 1.29 is 28.1 Å². The number of hydrogen-bond donors (Lipinski definition) is 1. The first-order valence-electron chi connectivity index (χ1n) is 14.7. The van der Waals surface area contributed by atoms with Gasteiger partial charge in [-0.15, -0.1) is 0 Å². The van der Waals surface area contributed by atoms with Crippen molar-refractivity contribution in [2.45, 2.75) is 83.5 Å². The van der Waals surface area contributed by atoms with E-state index in [1.807, 2.05) is 31.6 Å². The van der Waals surface area contributed by atoms with E-state index in [1.165, 1.54) is 12.1 Å². The molecule has 5 rings (SSSR count). The van der Waals surface area contributed by atoms with Crippen molar-refractivity contribution in [3.05, 3.63) is 58.2 Å². The molecule has 0 radical (unpaired) electrons. The minimum atomic E-state index is -0.714. The average Bonchev–Trinajstić information content (AvgIpc) is 3.46. The molecule has 2 aliphatic heterocycles. The van der Waals surface area contributed by atoms with Crippen molar-refractivity contribution >= 4 is 35.1 Å². The van der Waals surface area contributed by atoms with Gasteiger partial charge in [-0.05, 0) is 71.6 Å². The summed E-state index contributed by atoms with van der Waals surface area (Å²) in [7, 11) is 0. The van der Waals surface area contributed by atoms with E-state index in [2.05, 4.69) is 10.1 Å². The zero-order chi connectivity index (χ0) is 31.6. The van der Waals surface area contributed by atoms with E-state index >= 15 is 0 Å². The molecule has 1 amide bonds. The van der Waals surface area contributed by atoms with E-state index in [0.29, 0.717) is 37.2 Å². The van der Waals surface area contributed by atoms with Crippen LogP contribution in [-0.4, -0.2) is 63.4 Å². The molecule has 2 N–H and O–H groups in total. The smallest absolute Gasteiger partial charge is 0.410 e. The highest BCUT2D eigenvalue weighted by Gasteiger charge is 2.37. The maximum atomic E-state index is 14.1. The van der Waals surface area contributed by atoms with Crippen LogP contribution >= 0.6 is 23.2 Å². The molecule has 2 aromatic heterocycles. The second kappa shape index (κ2) is 13.5. The normalized spacial score (nSPS) is 21.6. The largest absolute Gasteiger partial charge is 0.482 e. The number of nitrogens with zero attached hydrogens (tertiary/aromatic N) is 4. The number of nitrogens with two attached hydrogens (primary N) is 1. The summed E-state index contributed by atoms with van der Waals surface area (Å²) in [6.45, 7) is 8.76. The van der Waals surface area contributed by atoms with Crippen LogP contribution in [0.5, 0.6) is 5.75 Å².